The number of anilines is 2. The van der Waals surface area contributed by atoms with Crippen LogP contribution in [-0.4, -0.2) is 28.0 Å². The Kier molecular flexibility index (Phi) is 5.53. The minimum atomic E-state index is -4.59. The van der Waals surface area contributed by atoms with Crippen molar-refractivity contribution in [3.63, 3.8) is 0 Å². The number of oxazole rings is 1. The van der Waals surface area contributed by atoms with Gasteiger partial charge in [-0.1, -0.05) is 12.1 Å². The van der Waals surface area contributed by atoms with Gasteiger partial charge in [0.2, 0.25) is 5.91 Å². The summed E-state index contributed by atoms with van der Waals surface area (Å²) in [5.41, 5.74) is -0.126. The molecule has 0 aliphatic heterocycles. The van der Waals surface area contributed by atoms with E-state index in [0.717, 1.165) is 0 Å². The first-order valence-corrected chi connectivity index (χ1v) is 7.51. The van der Waals surface area contributed by atoms with Gasteiger partial charge in [-0.3, -0.25) is 9.59 Å². The van der Waals surface area contributed by atoms with E-state index >= 15 is 0 Å². The van der Waals surface area contributed by atoms with Gasteiger partial charge in [0.15, 0.2) is 5.69 Å². The average Bonchev–Trinajstić information content (AvgIpc) is 3.03. The number of rotatable bonds is 6. The largest absolute Gasteiger partial charge is 0.480 e. The van der Waals surface area contributed by atoms with Gasteiger partial charge in [0.05, 0.1) is 5.92 Å². The first-order chi connectivity index (χ1) is 12.1. The second kappa shape index (κ2) is 7.46. The zero-order valence-corrected chi connectivity index (χ0v) is 13.8. The van der Waals surface area contributed by atoms with Crippen LogP contribution in [0.3, 0.4) is 0 Å². The maximum Gasteiger partial charge on any atom is 0.436 e. The summed E-state index contributed by atoms with van der Waals surface area (Å²) in [6.45, 7) is 2.96. The number of alkyl halides is 3. The SMILES string of the molecule is CC(C(=O)N[C@@H](C)C(=O)O)c1ccc(Nc2nc(C(F)(F)F)co2)cc1. The molecule has 0 bridgehead atoms. The summed E-state index contributed by atoms with van der Waals surface area (Å²) >= 11 is 0. The Bertz CT molecular complexity index is 787. The molecule has 2 aromatic rings. The number of amides is 1. The standard InChI is InChI=1S/C16H16F3N3O4/c1-8(13(23)20-9(2)14(24)25)10-3-5-11(6-4-10)21-15-22-12(7-26-15)16(17,18)19/h3-9H,1-2H3,(H,20,23)(H,21,22)(H,24,25)/t8?,9-/m0/s1. The number of hydrogen-bond donors (Lipinski definition) is 3. The van der Waals surface area contributed by atoms with Crippen molar-refractivity contribution < 1.29 is 32.3 Å². The van der Waals surface area contributed by atoms with Gasteiger partial charge in [0, 0.05) is 5.69 Å². The zero-order valence-electron chi connectivity index (χ0n) is 13.8. The molecule has 1 amide bonds. The van der Waals surface area contributed by atoms with E-state index in [1.807, 2.05) is 0 Å². The van der Waals surface area contributed by atoms with Crippen molar-refractivity contribution in [2.75, 3.05) is 5.32 Å². The van der Waals surface area contributed by atoms with E-state index in [0.29, 0.717) is 17.5 Å². The predicted octanol–water partition coefficient (Wildman–Crippen LogP) is 3.13. The molecule has 1 aromatic carbocycles. The molecule has 1 unspecified atom stereocenters. The average molecular weight is 371 g/mol. The molecule has 26 heavy (non-hydrogen) atoms. The molecule has 0 radical (unpaired) electrons. The van der Waals surface area contributed by atoms with Crippen LogP contribution in [-0.2, 0) is 15.8 Å². The molecule has 0 fully saturated rings. The van der Waals surface area contributed by atoms with E-state index < -0.39 is 35.7 Å². The number of carboxylic acids is 1. The molecular weight excluding hydrogens is 355 g/mol. The highest BCUT2D eigenvalue weighted by Gasteiger charge is 2.34. The van der Waals surface area contributed by atoms with Gasteiger partial charge in [0.1, 0.15) is 12.3 Å². The number of carbonyl (C=O) groups is 2. The van der Waals surface area contributed by atoms with Crippen molar-refractivity contribution in [1.29, 1.82) is 0 Å². The van der Waals surface area contributed by atoms with Crippen LogP contribution < -0.4 is 10.6 Å². The first-order valence-electron chi connectivity index (χ1n) is 7.51. The molecule has 3 N–H and O–H groups in total. The zero-order chi connectivity index (χ0) is 19.5. The van der Waals surface area contributed by atoms with E-state index in [1.165, 1.54) is 19.1 Å². The highest BCUT2D eigenvalue weighted by atomic mass is 19.4. The van der Waals surface area contributed by atoms with Gasteiger partial charge in [0.25, 0.3) is 6.01 Å². The fraction of sp³-hybridized carbons (Fsp3) is 0.312. The van der Waals surface area contributed by atoms with Crippen LogP contribution in [0.2, 0.25) is 0 Å². The van der Waals surface area contributed by atoms with Crippen molar-refractivity contribution in [3.8, 4) is 0 Å². The fourth-order valence-corrected chi connectivity index (χ4v) is 1.99. The first kappa shape index (κ1) is 19.3. The summed E-state index contributed by atoms with van der Waals surface area (Å²) in [5.74, 6) is -2.21. The molecule has 0 aliphatic carbocycles. The molecule has 2 rings (SSSR count). The number of halogens is 3. The Morgan fingerprint density at radius 1 is 1.19 bits per heavy atom. The van der Waals surface area contributed by atoms with Crippen molar-refractivity contribution in [2.24, 2.45) is 0 Å². The molecule has 0 saturated heterocycles. The summed E-state index contributed by atoms with van der Waals surface area (Å²) in [4.78, 5) is 26.1. The van der Waals surface area contributed by atoms with Crippen molar-refractivity contribution >= 4 is 23.6 Å². The number of nitrogens with zero attached hydrogens (tertiary/aromatic N) is 1. The Labute approximate surface area is 146 Å². The second-order valence-electron chi connectivity index (χ2n) is 5.57. The summed E-state index contributed by atoms with van der Waals surface area (Å²) in [6, 6.07) is 4.93. The number of carboxylic acid groups (broad SMARTS) is 1. The number of hydrogen-bond acceptors (Lipinski definition) is 5. The minimum absolute atomic E-state index is 0.314. The van der Waals surface area contributed by atoms with E-state index in [-0.39, 0.29) is 6.01 Å². The lowest BCUT2D eigenvalue weighted by atomic mass is 10.00. The lowest BCUT2D eigenvalue weighted by Crippen LogP contribution is -2.40. The third kappa shape index (κ3) is 4.74. The predicted molar refractivity (Wildman–Crippen MR) is 84.9 cm³/mol. The normalized spacial score (nSPS) is 13.7. The van der Waals surface area contributed by atoms with Gasteiger partial charge >= 0.3 is 12.1 Å². The molecule has 1 aromatic heterocycles. The highest BCUT2D eigenvalue weighted by Crippen LogP contribution is 2.30. The van der Waals surface area contributed by atoms with Crippen LogP contribution in [0, 0.1) is 0 Å². The van der Waals surface area contributed by atoms with Crippen LogP contribution in [0.15, 0.2) is 34.9 Å². The van der Waals surface area contributed by atoms with Gasteiger partial charge < -0.3 is 20.2 Å². The van der Waals surface area contributed by atoms with E-state index in [4.69, 9.17) is 9.52 Å². The van der Waals surface area contributed by atoms with Crippen LogP contribution in [0.4, 0.5) is 24.9 Å². The van der Waals surface area contributed by atoms with Crippen LogP contribution >= 0.6 is 0 Å². The third-order valence-electron chi connectivity index (χ3n) is 3.58. The summed E-state index contributed by atoms with van der Waals surface area (Å²) < 4.78 is 42.1. The molecule has 140 valence electrons. The number of aromatic nitrogens is 1. The maximum absolute atomic E-state index is 12.5. The van der Waals surface area contributed by atoms with Crippen LogP contribution in [0.25, 0.3) is 0 Å². The monoisotopic (exact) mass is 371 g/mol. The second-order valence-corrected chi connectivity index (χ2v) is 5.57. The number of nitrogens with one attached hydrogen (secondary N) is 2. The number of carbonyl (C=O) groups excluding carboxylic acids is 1. The van der Waals surface area contributed by atoms with E-state index in [2.05, 4.69) is 15.6 Å². The molecule has 0 spiro atoms. The Hall–Kier alpha value is -3.04. The van der Waals surface area contributed by atoms with Crippen molar-refractivity contribution in [1.82, 2.24) is 10.3 Å². The molecule has 10 heteroatoms. The Morgan fingerprint density at radius 3 is 2.31 bits per heavy atom. The van der Waals surface area contributed by atoms with Crippen LogP contribution in [0.1, 0.15) is 31.0 Å². The highest BCUT2D eigenvalue weighted by molar-refractivity contribution is 5.87. The lowest BCUT2D eigenvalue weighted by molar-refractivity contribution is -0.141. The Morgan fingerprint density at radius 2 is 1.81 bits per heavy atom. The molecule has 7 nitrogen and oxygen atoms in total. The molecule has 1 heterocycles. The molecule has 2 atom stereocenters. The van der Waals surface area contributed by atoms with Gasteiger partial charge in [-0.15, -0.1) is 0 Å². The van der Waals surface area contributed by atoms with Gasteiger partial charge in [-0.25, -0.2) is 0 Å². The van der Waals surface area contributed by atoms with E-state index in [1.54, 1.807) is 19.1 Å². The summed E-state index contributed by atoms with van der Waals surface area (Å²) in [5, 5.41) is 13.7. The third-order valence-corrected chi connectivity index (χ3v) is 3.58. The maximum atomic E-state index is 12.5. The molecular formula is C16H16F3N3O4. The van der Waals surface area contributed by atoms with Crippen molar-refractivity contribution in [3.05, 3.63) is 41.8 Å². The summed E-state index contributed by atoms with van der Waals surface area (Å²) in [6.07, 6.45) is -4.09. The minimum Gasteiger partial charge on any atom is -0.480 e. The molecule has 0 aliphatic rings. The topological polar surface area (TPSA) is 104 Å². The Balaban J connectivity index is 2.02. The summed E-state index contributed by atoms with van der Waals surface area (Å²) in [7, 11) is 0. The smallest absolute Gasteiger partial charge is 0.436 e. The quantitative estimate of drug-likeness (QED) is 0.721. The van der Waals surface area contributed by atoms with Gasteiger partial charge in [-0.05, 0) is 31.5 Å². The van der Waals surface area contributed by atoms with Crippen molar-refractivity contribution in [2.45, 2.75) is 32.0 Å². The number of aliphatic carboxylic acids is 1. The van der Waals surface area contributed by atoms with Crippen LogP contribution in [0.5, 0.6) is 0 Å². The lowest BCUT2D eigenvalue weighted by Gasteiger charge is -2.15. The fourth-order valence-electron chi connectivity index (χ4n) is 1.99. The van der Waals surface area contributed by atoms with Gasteiger partial charge in [-0.2, -0.15) is 18.2 Å². The van der Waals surface area contributed by atoms with E-state index in [9.17, 15) is 22.8 Å². The molecule has 0 saturated carbocycles. The number of benzene rings is 1.